The van der Waals surface area contributed by atoms with E-state index in [1.165, 1.54) is 13.3 Å². The molecule has 12 nitrogen and oxygen atoms in total. The van der Waals surface area contributed by atoms with Crippen molar-refractivity contribution in [1.29, 1.82) is 0 Å². The molecule has 12 heteroatoms. The maximum atomic E-state index is 11.2. The number of hydrogen-bond acceptors (Lipinski definition) is 10. The van der Waals surface area contributed by atoms with Crippen LogP contribution in [-0.4, -0.2) is 55.0 Å². The molecule has 0 unspecified atom stereocenters. The topological polar surface area (TPSA) is 189 Å². The second-order valence-corrected chi connectivity index (χ2v) is 4.09. The van der Waals surface area contributed by atoms with Gasteiger partial charge >= 0.3 is 17.9 Å². The van der Waals surface area contributed by atoms with Gasteiger partial charge in [0.05, 0.1) is 26.9 Å². The Kier molecular flexibility index (Phi) is 15.8. The highest BCUT2D eigenvalue weighted by Gasteiger charge is 2.21. The summed E-state index contributed by atoms with van der Waals surface area (Å²) in [5.74, 6) is 5.91. The predicted octanol–water partition coefficient (Wildman–Crippen LogP) is -0.659. The van der Waals surface area contributed by atoms with Gasteiger partial charge in [0.25, 0.3) is 5.56 Å². The molecule has 154 valence electrons. The molecule has 0 saturated heterocycles. The summed E-state index contributed by atoms with van der Waals surface area (Å²) >= 11 is 0. The molecular formula is C15H26N4O8. The molecule has 0 amide bonds. The molecule has 0 atom stereocenters. The van der Waals surface area contributed by atoms with Gasteiger partial charge in [-0.15, -0.1) is 0 Å². The van der Waals surface area contributed by atoms with E-state index in [1.54, 1.807) is 20.8 Å². The van der Waals surface area contributed by atoms with Crippen LogP contribution in [0.15, 0.2) is 22.8 Å². The number of aromatic nitrogens is 2. The van der Waals surface area contributed by atoms with Crippen molar-refractivity contribution in [2.24, 2.45) is 11.7 Å². The van der Waals surface area contributed by atoms with Gasteiger partial charge in [-0.25, -0.2) is 14.4 Å². The number of nitrogens with one attached hydrogen (secondary N) is 2. The minimum atomic E-state index is -0.743. The SMILES string of the molecule is CCOC(=O)C(=COC)C(=O)OCC.CCOC(=O)c1c[nH][nH]c1=O.NN. The summed E-state index contributed by atoms with van der Waals surface area (Å²) in [6.07, 6.45) is 2.29. The maximum Gasteiger partial charge on any atom is 0.348 e. The number of carbonyl (C=O) groups is 3. The van der Waals surface area contributed by atoms with E-state index in [4.69, 9.17) is 0 Å². The quantitative estimate of drug-likeness (QED) is 0.0679. The van der Waals surface area contributed by atoms with Crippen LogP contribution in [0, 0.1) is 0 Å². The normalized spacial score (nSPS) is 8.67. The second-order valence-electron chi connectivity index (χ2n) is 4.09. The molecule has 0 aliphatic heterocycles. The van der Waals surface area contributed by atoms with Crippen molar-refractivity contribution >= 4 is 17.9 Å². The van der Waals surface area contributed by atoms with Crippen LogP contribution >= 0.6 is 0 Å². The zero-order chi connectivity index (χ0) is 21.2. The monoisotopic (exact) mass is 390 g/mol. The van der Waals surface area contributed by atoms with Gasteiger partial charge in [0.2, 0.25) is 0 Å². The van der Waals surface area contributed by atoms with E-state index in [0.29, 0.717) is 0 Å². The third kappa shape index (κ3) is 10.5. The molecule has 27 heavy (non-hydrogen) atoms. The van der Waals surface area contributed by atoms with Crippen LogP contribution in [0.25, 0.3) is 0 Å². The van der Waals surface area contributed by atoms with Gasteiger partial charge in [0, 0.05) is 6.20 Å². The smallest absolute Gasteiger partial charge is 0.348 e. The van der Waals surface area contributed by atoms with Crippen molar-refractivity contribution in [2.45, 2.75) is 20.8 Å². The first-order chi connectivity index (χ1) is 12.9. The average molecular weight is 390 g/mol. The highest BCUT2D eigenvalue weighted by molar-refractivity contribution is 6.13. The lowest BCUT2D eigenvalue weighted by molar-refractivity contribution is -0.146. The van der Waals surface area contributed by atoms with Crippen molar-refractivity contribution in [3.05, 3.63) is 33.9 Å². The lowest BCUT2D eigenvalue weighted by Crippen LogP contribution is -2.18. The Morgan fingerprint density at radius 2 is 1.48 bits per heavy atom. The molecule has 1 rings (SSSR count). The van der Waals surface area contributed by atoms with E-state index in [2.05, 4.69) is 40.8 Å². The molecule has 6 N–H and O–H groups in total. The number of hydrazine groups is 1. The van der Waals surface area contributed by atoms with Gasteiger partial charge in [-0.1, -0.05) is 0 Å². The zero-order valence-electron chi connectivity index (χ0n) is 15.7. The molecule has 0 spiro atoms. The number of aromatic amines is 2. The van der Waals surface area contributed by atoms with Crippen LogP contribution in [0.5, 0.6) is 0 Å². The summed E-state index contributed by atoms with van der Waals surface area (Å²) in [5, 5.41) is 4.63. The molecule has 0 saturated carbocycles. The van der Waals surface area contributed by atoms with Crippen LogP contribution in [0.3, 0.4) is 0 Å². The fraction of sp³-hybridized carbons (Fsp3) is 0.467. The first-order valence-electron chi connectivity index (χ1n) is 7.76. The molecule has 0 aromatic carbocycles. The summed E-state index contributed by atoms with van der Waals surface area (Å²) < 4.78 is 18.4. The lowest BCUT2D eigenvalue weighted by Gasteiger charge is -2.05. The Balaban J connectivity index is 0. The Morgan fingerprint density at radius 1 is 1.00 bits per heavy atom. The van der Waals surface area contributed by atoms with E-state index < -0.39 is 23.5 Å². The van der Waals surface area contributed by atoms with E-state index in [0.717, 1.165) is 6.26 Å². The van der Waals surface area contributed by atoms with Crippen LogP contribution < -0.4 is 17.2 Å². The molecule has 0 fully saturated rings. The Hall–Kier alpha value is -3.12. The van der Waals surface area contributed by atoms with Crippen LogP contribution in [0.4, 0.5) is 0 Å². The van der Waals surface area contributed by atoms with Crippen molar-refractivity contribution in [1.82, 2.24) is 10.2 Å². The van der Waals surface area contributed by atoms with Crippen LogP contribution in [0.2, 0.25) is 0 Å². The first kappa shape index (κ1) is 26.1. The Morgan fingerprint density at radius 3 is 1.81 bits per heavy atom. The molecule has 1 aromatic heterocycles. The average Bonchev–Trinajstić information content (AvgIpc) is 3.08. The highest BCUT2D eigenvalue weighted by Crippen LogP contribution is 2.02. The molecule has 0 radical (unpaired) electrons. The largest absolute Gasteiger partial charge is 0.503 e. The van der Waals surface area contributed by atoms with Crippen molar-refractivity contribution in [3.63, 3.8) is 0 Å². The number of esters is 3. The Labute approximate surface area is 155 Å². The van der Waals surface area contributed by atoms with Crippen molar-refractivity contribution in [2.75, 3.05) is 26.9 Å². The standard InChI is InChI=1S/C9H14O5.C6H8N2O3.H4N2/c1-4-13-8(10)7(6-12-3)9(11)14-5-2;1-2-11-6(10)4-3-7-8-5(4)9;1-2/h6H,4-5H2,1-3H3;3H,2H2,1H3,(H2,7,8,9);1-2H2. The highest BCUT2D eigenvalue weighted by atomic mass is 16.6. The van der Waals surface area contributed by atoms with Crippen molar-refractivity contribution in [3.8, 4) is 0 Å². The maximum absolute atomic E-state index is 11.2. The van der Waals surface area contributed by atoms with E-state index in [9.17, 15) is 19.2 Å². The minimum Gasteiger partial charge on any atom is -0.503 e. The van der Waals surface area contributed by atoms with E-state index >= 15 is 0 Å². The Bertz CT molecular complexity index is 630. The molecule has 1 aromatic rings. The second kappa shape index (κ2) is 16.4. The predicted molar refractivity (Wildman–Crippen MR) is 94.1 cm³/mol. The third-order valence-electron chi connectivity index (χ3n) is 2.37. The van der Waals surface area contributed by atoms with E-state index in [1.807, 2.05) is 0 Å². The lowest BCUT2D eigenvalue weighted by atomic mass is 10.3. The minimum absolute atomic E-state index is 0.00634. The molecule has 0 aliphatic carbocycles. The van der Waals surface area contributed by atoms with Gasteiger partial charge in [0.1, 0.15) is 11.8 Å². The van der Waals surface area contributed by atoms with Crippen LogP contribution in [-0.2, 0) is 28.5 Å². The van der Waals surface area contributed by atoms with Crippen molar-refractivity contribution < 1.29 is 33.3 Å². The summed E-state index contributed by atoms with van der Waals surface area (Å²) in [7, 11) is 1.33. The van der Waals surface area contributed by atoms with E-state index in [-0.39, 0.29) is 31.0 Å². The number of ether oxygens (including phenoxy) is 4. The number of nitrogens with two attached hydrogens (primary N) is 2. The number of methoxy groups -OCH3 is 1. The summed E-state index contributed by atoms with van der Waals surface area (Å²) in [4.78, 5) is 44.0. The van der Waals surface area contributed by atoms with Gasteiger partial charge in [0.15, 0.2) is 5.57 Å². The third-order valence-corrected chi connectivity index (χ3v) is 2.37. The summed E-state index contributed by atoms with van der Waals surface area (Å²) in [5.41, 5.74) is -0.688. The molecule has 0 bridgehead atoms. The van der Waals surface area contributed by atoms with Crippen LogP contribution in [0.1, 0.15) is 31.1 Å². The molecular weight excluding hydrogens is 364 g/mol. The number of carbonyl (C=O) groups excluding carboxylic acids is 3. The molecule has 0 aliphatic rings. The first-order valence-corrected chi connectivity index (χ1v) is 7.76. The number of H-pyrrole nitrogens is 2. The zero-order valence-corrected chi connectivity index (χ0v) is 15.7. The number of hydrogen-bond donors (Lipinski definition) is 4. The fourth-order valence-corrected chi connectivity index (χ4v) is 1.38. The van der Waals surface area contributed by atoms with Gasteiger partial charge in [-0.05, 0) is 20.8 Å². The van der Waals surface area contributed by atoms with Gasteiger partial charge in [-0.2, -0.15) is 0 Å². The fourth-order valence-electron chi connectivity index (χ4n) is 1.38. The van der Waals surface area contributed by atoms with Gasteiger partial charge in [-0.3, -0.25) is 21.6 Å². The van der Waals surface area contributed by atoms with Gasteiger partial charge < -0.3 is 24.0 Å². The number of rotatable bonds is 7. The summed E-state index contributed by atoms with van der Waals surface area (Å²) in [6.45, 7) is 5.63. The molecule has 1 heterocycles. The summed E-state index contributed by atoms with van der Waals surface area (Å²) in [6, 6.07) is 0.